The van der Waals surface area contributed by atoms with Crippen LogP contribution in [0.5, 0.6) is 0 Å². The van der Waals surface area contributed by atoms with Crippen LogP contribution in [-0.4, -0.2) is 48.3 Å². The molecule has 1 N–H and O–H groups in total. The Morgan fingerprint density at radius 1 is 0.938 bits per heavy atom. The Kier molecular flexibility index (Phi) is 6.66. The lowest BCUT2D eigenvalue weighted by Gasteiger charge is -2.26. The smallest absolute Gasteiger partial charge is 0.271 e. The molecular weight excluding hydrogens is 428 g/mol. The van der Waals surface area contributed by atoms with Crippen molar-refractivity contribution >= 4 is 33.2 Å². The molecule has 2 heterocycles. The molecule has 0 atom stereocenters. The summed E-state index contributed by atoms with van der Waals surface area (Å²) < 4.78 is 27.0. The molecule has 0 aromatic heterocycles. The van der Waals surface area contributed by atoms with Gasteiger partial charge in [0.05, 0.1) is 11.4 Å². The van der Waals surface area contributed by atoms with Gasteiger partial charge in [0, 0.05) is 31.6 Å². The molecule has 32 heavy (non-hydrogen) atoms. The maximum Gasteiger partial charge on any atom is 0.271 e. The molecule has 1 fully saturated rings. The predicted molar refractivity (Wildman–Crippen MR) is 121 cm³/mol. The Bertz CT molecular complexity index is 1110. The minimum Gasteiger partial charge on any atom is -0.321 e. The van der Waals surface area contributed by atoms with Gasteiger partial charge in [0.2, 0.25) is 15.9 Å². The van der Waals surface area contributed by atoms with Crippen molar-refractivity contribution in [2.75, 3.05) is 18.4 Å². The maximum atomic E-state index is 12.8. The summed E-state index contributed by atoms with van der Waals surface area (Å²) in [4.78, 5) is 25.1. The maximum absolute atomic E-state index is 12.8. The van der Waals surface area contributed by atoms with Crippen molar-refractivity contribution < 1.29 is 18.0 Å². The van der Waals surface area contributed by atoms with E-state index in [-0.39, 0.29) is 29.4 Å². The highest BCUT2D eigenvalue weighted by Gasteiger charge is 2.27. The Morgan fingerprint density at radius 3 is 2.31 bits per heavy atom. The number of hydrogen-bond acceptors (Lipinski definition) is 5. The summed E-state index contributed by atoms with van der Waals surface area (Å²) in [5, 5.41) is 8.33. The van der Waals surface area contributed by atoms with Gasteiger partial charge in [0.1, 0.15) is 5.71 Å². The highest BCUT2D eigenvalue weighted by atomic mass is 32.2. The van der Waals surface area contributed by atoms with Crippen LogP contribution in [-0.2, 0) is 26.2 Å². The summed E-state index contributed by atoms with van der Waals surface area (Å²) >= 11 is 0. The van der Waals surface area contributed by atoms with Crippen LogP contribution in [0.15, 0.2) is 64.6 Å². The van der Waals surface area contributed by atoms with E-state index in [1.165, 1.54) is 21.4 Å². The monoisotopic (exact) mass is 454 g/mol. The van der Waals surface area contributed by atoms with Crippen LogP contribution in [0.4, 0.5) is 5.69 Å². The number of piperidine rings is 1. The molecule has 0 bridgehead atoms. The van der Waals surface area contributed by atoms with E-state index in [1.54, 1.807) is 12.1 Å². The molecule has 0 aliphatic carbocycles. The Morgan fingerprint density at radius 2 is 1.62 bits per heavy atom. The number of nitrogens with zero attached hydrogens (tertiary/aromatic N) is 3. The second kappa shape index (κ2) is 9.62. The third-order valence-corrected chi connectivity index (χ3v) is 7.52. The third kappa shape index (κ3) is 5.05. The number of nitrogens with one attached hydrogen (secondary N) is 1. The van der Waals surface area contributed by atoms with Gasteiger partial charge in [-0.05, 0) is 42.7 Å². The zero-order valence-electron chi connectivity index (χ0n) is 17.7. The van der Waals surface area contributed by atoms with Crippen LogP contribution in [0.1, 0.15) is 37.7 Å². The molecule has 0 unspecified atom stereocenters. The lowest BCUT2D eigenvalue weighted by molar-refractivity contribution is -0.132. The number of hydrazone groups is 1. The summed E-state index contributed by atoms with van der Waals surface area (Å²) in [6.45, 7) is 1.39. The molecule has 2 amide bonds. The number of carbonyl (C=O) groups excluding carboxylic acids is 2. The predicted octanol–water partition coefficient (Wildman–Crippen LogP) is 2.98. The first-order valence-corrected chi connectivity index (χ1v) is 12.2. The zero-order valence-corrected chi connectivity index (χ0v) is 18.6. The molecule has 0 radical (unpaired) electrons. The van der Waals surface area contributed by atoms with Gasteiger partial charge in [-0.15, -0.1) is 0 Å². The summed E-state index contributed by atoms with van der Waals surface area (Å²) in [7, 11) is -3.52. The number of rotatable bonds is 6. The van der Waals surface area contributed by atoms with Gasteiger partial charge in [-0.1, -0.05) is 36.8 Å². The van der Waals surface area contributed by atoms with Gasteiger partial charge in [-0.2, -0.15) is 9.41 Å². The molecule has 168 valence electrons. The largest absolute Gasteiger partial charge is 0.321 e. The van der Waals surface area contributed by atoms with E-state index in [0.717, 1.165) is 24.8 Å². The number of anilines is 1. The highest BCUT2D eigenvalue weighted by molar-refractivity contribution is 7.89. The van der Waals surface area contributed by atoms with E-state index in [4.69, 9.17) is 0 Å². The van der Waals surface area contributed by atoms with Gasteiger partial charge in [0.25, 0.3) is 5.91 Å². The standard InChI is InChI=1S/C23H26N4O4S/c28-22-14-13-21(25-27(22)17-18-7-3-1-4-8-18)23(29)24-19-9-11-20(12-10-19)32(30,31)26-15-5-2-6-16-26/h1,3-4,7-12H,2,5-6,13-17H2,(H,24,29). The molecule has 8 nitrogen and oxygen atoms in total. The minimum absolute atomic E-state index is 0.127. The fraction of sp³-hybridized carbons (Fsp3) is 0.348. The van der Waals surface area contributed by atoms with E-state index >= 15 is 0 Å². The van der Waals surface area contributed by atoms with E-state index < -0.39 is 15.9 Å². The average Bonchev–Trinajstić information content (AvgIpc) is 2.82. The second-order valence-corrected chi connectivity index (χ2v) is 9.86. The number of hydrogen-bond donors (Lipinski definition) is 1. The minimum atomic E-state index is -3.52. The first kappa shape index (κ1) is 22.2. The molecule has 1 saturated heterocycles. The average molecular weight is 455 g/mol. The van der Waals surface area contributed by atoms with Crippen molar-refractivity contribution in [1.29, 1.82) is 0 Å². The van der Waals surface area contributed by atoms with Crippen molar-refractivity contribution in [2.45, 2.75) is 43.5 Å². The molecular formula is C23H26N4O4S. The van der Waals surface area contributed by atoms with Crippen LogP contribution < -0.4 is 5.32 Å². The van der Waals surface area contributed by atoms with Crippen LogP contribution >= 0.6 is 0 Å². The molecule has 4 rings (SSSR count). The molecule has 2 aliphatic heterocycles. The first-order valence-electron chi connectivity index (χ1n) is 10.8. The van der Waals surface area contributed by atoms with E-state index in [1.807, 2.05) is 30.3 Å². The van der Waals surface area contributed by atoms with Crippen LogP contribution in [0, 0.1) is 0 Å². The SMILES string of the molecule is O=C(Nc1ccc(S(=O)(=O)N2CCCCC2)cc1)C1=NN(Cc2ccccc2)C(=O)CC1. The number of amides is 2. The van der Waals surface area contributed by atoms with Gasteiger partial charge >= 0.3 is 0 Å². The van der Waals surface area contributed by atoms with Crippen molar-refractivity contribution in [1.82, 2.24) is 9.31 Å². The Balaban J connectivity index is 1.43. The van der Waals surface area contributed by atoms with Gasteiger partial charge in [-0.3, -0.25) is 9.59 Å². The van der Waals surface area contributed by atoms with Crippen molar-refractivity contribution in [2.24, 2.45) is 5.10 Å². The third-order valence-electron chi connectivity index (χ3n) is 5.61. The molecule has 0 saturated carbocycles. The fourth-order valence-corrected chi connectivity index (χ4v) is 5.33. The van der Waals surface area contributed by atoms with Gasteiger partial charge < -0.3 is 5.32 Å². The fourth-order valence-electron chi connectivity index (χ4n) is 3.81. The number of carbonyl (C=O) groups is 2. The lowest BCUT2D eigenvalue weighted by Crippen LogP contribution is -2.36. The highest BCUT2D eigenvalue weighted by Crippen LogP contribution is 2.22. The summed E-state index contributed by atoms with van der Waals surface area (Å²) in [5.41, 5.74) is 1.67. The topological polar surface area (TPSA) is 99.2 Å². The molecule has 2 aromatic rings. The Hall–Kier alpha value is -3.04. The first-order chi connectivity index (χ1) is 15.4. The van der Waals surface area contributed by atoms with Gasteiger partial charge in [0.15, 0.2) is 0 Å². The van der Waals surface area contributed by atoms with Crippen LogP contribution in [0.25, 0.3) is 0 Å². The van der Waals surface area contributed by atoms with Crippen LogP contribution in [0.2, 0.25) is 0 Å². The van der Waals surface area contributed by atoms with Crippen LogP contribution in [0.3, 0.4) is 0 Å². The summed E-state index contributed by atoms with van der Waals surface area (Å²) in [6, 6.07) is 15.6. The van der Waals surface area contributed by atoms with E-state index in [2.05, 4.69) is 10.4 Å². The van der Waals surface area contributed by atoms with Crippen molar-refractivity contribution in [3.63, 3.8) is 0 Å². The molecule has 2 aliphatic rings. The number of sulfonamides is 1. The zero-order chi connectivity index (χ0) is 22.6. The van der Waals surface area contributed by atoms with Crippen molar-refractivity contribution in [3.05, 3.63) is 60.2 Å². The summed E-state index contributed by atoms with van der Waals surface area (Å²) in [6.07, 6.45) is 3.28. The van der Waals surface area contributed by atoms with Crippen molar-refractivity contribution in [3.8, 4) is 0 Å². The normalized spacial score (nSPS) is 17.7. The lowest BCUT2D eigenvalue weighted by atomic mass is 10.1. The van der Waals surface area contributed by atoms with E-state index in [0.29, 0.717) is 25.3 Å². The second-order valence-electron chi connectivity index (χ2n) is 7.93. The quantitative estimate of drug-likeness (QED) is 0.725. The van der Waals surface area contributed by atoms with E-state index in [9.17, 15) is 18.0 Å². The molecule has 2 aromatic carbocycles. The molecule has 9 heteroatoms. The number of benzene rings is 2. The molecule has 0 spiro atoms. The Labute approximate surface area is 188 Å². The van der Waals surface area contributed by atoms with Gasteiger partial charge in [-0.25, -0.2) is 13.4 Å². The summed E-state index contributed by atoms with van der Waals surface area (Å²) in [5.74, 6) is -0.528.